The van der Waals surface area contributed by atoms with Crippen LogP contribution in [0.3, 0.4) is 0 Å². The number of nitrogens with one attached hydrogen (secondary N) is 1. The van der Waals surface area contributed by atoms with Gasteiger partial charge in [0.15, 0.2) is 6.29 Å². The van der Waals surface area contributed by atoms with Crippen LogP contribution in [0.1, 0.15) is 16.1 Å². The minimum Gasteiger partial charge on any atom is -0.336 e. The molecule has 0 saturated carbocycles. The van der Waals surface area contributed by atoms with Crippen LogP contribution < -0.4 is 5.32 Å². The number of benzene rings is 1. The van der Waals surface area contributed by atoms with Gasteiger partial charge in [-0.15, -0.1) is 0 Å². The molecule has 1 aromatic heterocycles. The van der Waals surface area contributed by atoms with Gasteiger partial charge in [-0.25, -0.2) is 0 Å². The van der Waals surface area contributed by atoms with E-state index >= 15 is 0 Å². The number of anilines is 1. The molecule has 4 nitrogen and oxygen atoms in total. The third kappa shape index (κ3) is 3.23. The summed E-state index contributed by atoms with van der Waals surface area (Å²) in [5, 5.41) is 3.22. The third-order valence-corrected chi connectivity index (χ3v) is 3.01. The lowest BCUT2D eigenvalue weighted by atomic mass is 10.2. The lowest BCUT2D eigenvalue weighted by molar-refractivity contribution is -0.116. The Bertz CT molecular complexity index is 620. The van der Waals surface area contributed by atoms with E-state index in [4.69, 9.17) is 11.6 Å². The Kier molecular flexibility index (Phi) is 4.02. The molecule has 0 unspecified atom stereocenters. The highest BCUT2D eigenvalue weighted by Gasteiger charge is 2.08. The quantitative estimate of drug-likeness (QED) is 0.873. The van der Waals surface area contributed by atoms with Crippen LogP contribution in [0.4, 0.5) is 5.69 Å². The van der Waals surface area contributed by atoms with Gasteiger partial charge in [0.25, 0.3) is 0 Å². The van der Waals surface area contributed by atoms with Crippen molar-refractivity contribution in [3.05, 3.63) is 52.8 Å². The number of carbonyl (C=O) groups is 2. The summed E-state index contributed by atoms with van der Waals surface area (Å²) in [4.78, 5) is 22.6. The third-order valence-electron chi connectivity index (χ3n) is 2.70. The smallest absolute Gasteiger partial charge is 0.244 e. The Balaban J connectivity index is 2.07. The molecule has 0 saturated heterocycles. The van der Waals surface area contributed by atoms with Crippen molar-refractivity contribution in [3.63, 3.8) is 0 Å². The fraction of sp³-hybridized carbons (Fsp3) is 0.143. The van der Waals surface area contributed by atoms with Crippen molar-refractivity contribution in [1.82, 2.24) is 4.57 Å². The normalized spacial score (nSPS) is 10.2. The predicted octanol–water partition coefficient (Wildman–Crippen LogP) is 2.90. The first-order valence-electron chi connectivity index (χ1n) is 5.76. The van der Waals surface area contributed by atoms with Crippen LogP contribution in [0.5, 0.6) is 0 Å². The van der Waals surface area contributed by atoms with Gasteiger partial charge in [0.05, 0.1) is 16.4 Å². The summed E-state index contributed by atoms with van der Waals surface area (Å²) >= 11 is 6.04. The van der Waals surface area contributed by atoms with E-state index in [1.165, 1.54) is 0 Å². The van der Waals surface area contributed by atoms with Crippen LogP contribution in [0.15, 0.2) is 36.5 Å². The zero-order valence-corrected chi connectivity index (χ0v) is 11.1. The first-order valence-corrected chi connectivity index (χ1v) is 6.14. The van der Waals surface area contributed by atoms with Crippen LogP contribution in [0, 0.1) is 6.92 Å². The molecule has 0 aliphatic carbocycles. The molecule has 1 heterocycles. The van der Waals surface area contributed by atoms with Gasteiger partial charge in [-0.2, -0.15) is 0 Å². The maximum atomic E-state index is 11.9. The summed E-state index contributed by atoms with van der Waals surface area (Å²) in [6, 6.07) is 8.78. The minimum absolute atomic E-state index is 0.0747. The number of rotatable bonds is 4. The molecular weight excluding hydrogens is 264 g/mol. The van der Waals surface area contributed by atoms with E-state index < -0.39 is 0 Å². The predicted molar refractivity (Wildman–Crippen MR) is 74.6 cm³/mol. The van der Waals surface area contributed by atoms with Gasteiger partial charge in [-0.1, -0.05) is 17.7 Å². The zero-order chi connectivity index (χ0) is 13.8. The van der Waals surface area contributed by atoms with Crippen molar-refractivity contribution < 1.29 is 9.59 Å². The lowest BCUT2D eigenvalue weighted by Crippen LogP contribution is -2.19. The molecule has 98 valence electrons. The van der Waals surface area contributed by atoms with Gasteiger partial charge in [0.1, 0.15) is 6.54 Å². The van der Waals surface area contributed by atoms with E-state index in [9.17, 15) is 9.59 Å². The molecule has 1 aromatic carbocycles. The Hall–Kier alpha value is -2.07. The molecule has 0 radical (unpaired) electrons. The van der Waals surface area contributed by atoms with E-state index in [1.54, 1.807) is 35.0 Å². The second kappa shape index (κ2) is 5.71. The summed E-state index contributed by atoms with van der Waals surface area (Å²) in [5.74, 6) is -0.231. The van der Waals surface area contributed by atoms with Crippen molar-refractivity contribution in [2.45, 2.75) is 13.5 Å². The fourth-order valence-corrected chi connectivity index (χ4v) is 2.03. The number of aldehydes is 1. The molecule has 19 heavy (non-hydrogen) atoms. The highest BCUT2D eigenvalue weighted by Crippen LogP contribution is 2.22. The monoisotopic (exact) mass is 276 g/mol. The molecule has 0 bridgehead atoms. The van der Waals surface area contributed by atoms with Crippen LogP contribution >= 0.6 is 11.6 Å². The highest BCUT2D eigenvalue weighted by molar-refractivity contribution is 6.33. The molecule has 1 amide bonds. The van der Waals surface area contributed by atoms with Crippen LogP contribution in [0.25, 0.3) is 0 Å². The van der Waals surface area contributed by atoms with Crippen LogP contribution in [-0.2, 0) is 11.3 Å². The zero-order valence-electron chi connectivity index (χ0n) is 10.4. The Morgan fingerprint density at radius 3 is 2.89 bits per heavy atom. The Labute approximate surface area is 116 Å². The molecule has 0 aliphatic heterocycles. The molecule has 0 spiro atoms. The number of hydrogen-bond acceptors (Lipinski definition) is 2. The van der Waals surface area contributed by atoms with Gasteiger partial charge in [0, 0.05) is 6.20 Å². The largest absolute Gasteiger partial charge is 0.336 e. The van der Waals surface area contributed by atoms with Gasteiger partial charge >= 0.3 is 0 Å². The first-order chi connectivity index (χ1) is 9.10. The van der Waals surface area contributed by atoms with Crippen molar-refractivity contribution in [3.8, 4) is 0 Å². The Morgan fingerprint density at radius 2 is 2.21 bits per heavy atom. The lowest BCUT2D eigenvalue weighted by Gasteiger charge is -2.09. The van der Waals surface area contributed by atoms with Gasteiger partial charge in [0.2, 0.25) is 5.91 Å². The summed E-state index contributed by atoms with van der Waals surface area (Å²) in [6.45, 7) is 2.00. The Morgan fingerprint density at radius 1 is 1.42 bits per heavy atom. The summed E-state index contributed by atoms with van der Waals surface area (Å²) < 4.78 is 1.57. The van der Waals surface area contributed by atoms with Gasteiger partial charge in [-0.05, 0) is 36.8 Å². The van der Waals surface area contributed by atoms with Crippen LogP contribution in [0.2, 0.25) is 5.02 Å². The summed E-state index contributed by atoms with van der Waals surface area (Å²) in [7, 11) is 0. The van der Waals surface area contributed by atoms with Crippen molar-refractivity contribution in [2.24, 2.45) is 0 Å². The second-order valence-electron chi connectivity index (χ2n) is 4.21. The molecule has 0 fully saturated rings. The number of amides is 1. The average Bonchev–Trinajstić information content (AvgIpc) is 2.80. The molecular formula is C14H13ClN2O2. The van der Waals surface area contributed by atoms with Crippen molar-refractivity contribution in [2.75, 3.05) is 5.32 Å². The number of aromatic nitrogens is 1. The topological polar surface area (TPSA) is 51.1 Å². The molecule has 0 atom stereocenters. The van der Waals surface area contributed by atoms with E-state index in [1.807, 2.05) is 13.0 Å². The van der Waals surface area contributed by atoms with Crippen molar-refractivity contribution >= 4 is 29.5 Å². The van der Waals surface area contributed by atoms with E-state index in [0.717, 1.165) is 5.56 Å². The van der Waals surface area contributed by atoms with E-state index in [-0.39, 0.29) is 12.5 Å². The number of aryl methyl sites for hydroxylation is 1. The maximum Gasteiger partial charge on any atom is 0.244 e. The SMILES string of the molecule is Cc1ccc(NC(=O)Cn2cccc2C=O)c(Cl)c1. The molecule has 2 aromatic rings. The maximum absolute atomic E-state index is 11.9. The molecule has 1 N–H and O–H groups in total. The minimum atomic E-state index is -0.231. The molecule has 0 aliphatic rings. The van der Waals surface area contributed by atoms with E-state index in [0.29, 0.717) is 22.7 Å². The van der Waals surface area contributed by atoms with Gasteiger partial charge in [-0.3, -0.25) is 9.59 Å². The summed E-state index contributed by atoms with van der Waals surface area (Å²) in [5.41, 5.74) is 2.05. The van der Waals surface area contributed by atoms with Crippen LogP contribution in [-0.4, -0.2) is 16.8 Å². The standard InChI is InChI=1S/C14H13ClN2O2/c1-10-4-5-13(12(15)7-10)16-14(19)8-17-6-2-3-11(17)9-18/h2-7,9H,8H2,1H3,(H,16,19). The second-order valence-corrected chi connectivity index (χ2v) is 4.62. The van der Waals surface area contributed by atoms with Crippen molar-refractivity contribution in [1.29, 1.82) is 0 Å². The highest BCUT2D eigenvalue weighted by atomic mass is 35.5. The molecule has 2 rings (SSSR count). The van der Waals surface area contributed by atoms with E-state index in [2.05, 4.69) is 5.32 Å². The number of hydrogen-bond donors (Lipinski definition) is 1. The number of nitrogens with zero attached hydrogens (tertiary/aromatic N) is 1. The average molecular weight is 277 g/mol. The number of halogens is 1. The fourth-order valence-electron chi connectivity index (χ4n) is 1.74. The summed E-state index contributed by atoms with van der Waals surface area (Å²) in [6.07, 6.45) is 2.40. The van der Waals surface area contributed by atoms with Gasteiger partial charge < -0.3 is 9.88 Å². The first kappa shape index (κ1) is 13.4. The number of carbonyl (C=O) groups excluding carboxylic acids is 2. The molecule has 5 heteroatoms.